The SMILES string of the molecule is Cc1nnnn1-c1cccc(C(=O)NC(C)CCc2ccccc2)c1. The van der Waals surface area contributed by atoms with Crippen LogP contribution in [0.25, 0.3) is 5.69 Å². The molecule has 1 aromatic heterocycles. The van der Waals surface area contributed by atoms with E-state index < -0.39 is 0 Å². The van der Waals surface area contributed by atoms with Crippen molar-refractivity contribution in [3.05, 3.63) is 71.5 Å². The highest BCUT2D eigenvalue weighted by molar-refractivity contribution is 5.94. The fourth-order valence-electron chi connectivity index (χ4n) is 2.66. The number of tetrazole rings is 1. The molecule has 1 unspecified atom stereocenters. The van der Waals surface area contributed by atoms with E-state index in [1.54, 1.807) is 16.8 Å². The van der Waals surface area contributed by atoms with Crippen molar-refractivity contribution in [1.82, 2.24) is 25.5 Å². The third kappa shape index (κ3) is 4.29. The molecule has 0 radical (unpaired) electrons. The Morgan fingerprint density at radius 3 is 2.68 bits per heavy atom. The van der Waals surface area contributed by atoms with E-state index in [9.17, 15) is 4.79 Å². The van der Waals surface area contributed by atoms with Crippen LogP contribution < -0.4 is 5.32 Å². The lowest BCUT2D eigenvalue weighted by Crippen LogP contribution is -2.32. The van der Waals surface area contributed by atoms with Gasteiger partial charge in [-0.25, -0.2) is 0 Å². The van der Waals surface area contributed by atoms with Crippen molar-refractivity contribution in [2.45, 2.75) is 32.7 Å². The zero-order chi connectivity index (χ0) is 17.6. The van der Waals surface area contributed by atoms with Gasteiger partial charge in [0.15, 0.2) is 5.82 Å². The molecular formula is C19H21N5O. The summed E-state index contributed by atoms with van der Waals surface area (Å²) in [6.07, 6.45) is 1.83. The third-order valence-electron chi connectivity index (χ3n) is 4.06. The molecule has 1 amide bonds. The molecule has 25 heavy (non-hydrogen) atoms. The number of rotatable bonds is 6. The Balaban J connectivity index is 1.62. The summed E-state index contributed by atoms with van der Waals surface area (Å²) in [6, 6.07) is 17.7. The predicted octanol–water partition coefficient (Wildman–Crippen LogP) is 2.72. The van der Waals surface area contributed by atoms with Crippen LogP contribution in [0.1, 0.15) is 35.1 Å². The zero-order valence-electron chi connectivity index (χ0n) is 14.4. The number of benzene rings is 2. The molecule has 6 nitrogen and oxygen atoms in total. The number of aryl methyl sites for hydroxylation is 2. The molecule has 0 bridgehead atoms. The minimum atomic E-state index is -0.0897. The highest BCUT2D eigenvalue weighted by Crippen LogP contribution is 2.11. The Morgan fingerprint density at radius 2 is 1.96 bits per heavy atom. The number of nitrogens with one attached hydrogen (secondary N) is 1. The Bertz CT molecular complexity index is 844. The lowest BCUT2D eigenvalue weighted by molar-refractivity contribution is 0.0938. The van der Waals surface area contributed by atoms with Gasteiger partial charge in [-0.1, -0.05) is 36.4 Å². The smallest absolute Gasteiger partial charge is 0.251 e. The summed E-state index contributed by atoms with van der Waals surface area (Å²) in [7, 11) is 0. The summed E-state index contributed by atoms with van der Waals surface area (Å²) >= 11 is 0. The van der Waals surface area contributed by atoms with Crippen LogP contribution >= 0.6 is 0 Å². The first-order valence-corrected chi connectivity index (χ1v) is 8.33. The van der Waals surface area contributed by atoms with Gasteiger partial charge in [0, 0.05) is 11.6 Å². The lowest BCUT2D eigenvalue weighted by atomic mass is 10.1. The second-order valence-corrected chi connectivity index (χ2v) is 6.09. The summed E-state index contributed by atoms with van der Waals surface area (Å²) in [5.41, 5.74) is 2.64. The minimum Gasteiger partial charge on any atom is -0.350 e. The number of amides is 1. The summed E-state index contributed by atoms with van der Waals surface area (Å²) < 4.78 is 1.61. The Labute approximate surface area is 146 Å². The van der Waals surface area contributed by atoms with E-state index in [4.69, 9.17) is 0 Å². The molecule has 128 valence electrons. The molecule has 0 fully saturated rings. The molecule has 0 spiro atoms. The van der Waals surface area contributed by atoms with Crippen LogP contribution in [0.3, 0.4) is 0 Å². The second kappa shape index (κ2) is 7.70. The van der Waals surface area contributed by atoms with E-state index in [-0.39, 0.29) is 11.9 Å². The molecular weight excluding hydrogens is 314 g/mol. The van der Waals surface area contributed by atoms with Gasteiger partial charge in [-0.2, -0.15) is 4.68 Å². The third-order valence-corrected chi connectivity index (χ3v) is 4.06. The largest absolute Gasteiger partial charge is 0.350 e. The average molecular weight is 335 g/mol. The van der Waals surface area contributed by atoms with E-state index in [1.807, 2.05) is 44.2 Å². The van der Waals surface area contributed by atoms with Gasteiger partial charge in [0.2, 0.25) is 0 Å². The van der Waals surface area contributed by atoms with Crippen molar-refractivity contribution >= 4 is 5.91 Å². The van der Waals surface area contributed by atoms with E-state index in [0.717, 1.165) is 18.5 Å². The molecule has 0 aliphatic heterocycles. The van der Waals surface area contributed by atoms with E-state index in [1.165, 1.54) is 5.56 Å². The quantitative estimate of drug-likeness (QED) is 0.752. The zero-order valence-corrected chi connectivity index (χ0v) is 14.4. The Hall–Kier alpha value is -3.02. The van der Waals surface area contributed by atoms with Gasteiger partial charge in [-0.3, -0.25) is 4.79 Å². The van der Waals surface area contributed by atoms with Crippen molar-refractivity contribution in [2.75, 3.05) is 0 Å². The highest BCUT2D eigenvalue weighted by atomic mass is 16.1. The van der Waals surface area contributed by atoms with Gasteiger partial charge in [-0.05, 0) is 60.9 Å². The van der Waals surface area contributed by atoms with Gasteiger partial charge in [-0.15, -0.1) is 5.10 Å². The van der Waals surface area contributed by atoms with E-state index in [2.05, 4.69) is 33.0 Å². The van der Waals surface area contributed by atoms with Crippen LogP contribution in [-0.2, 0) is 6.42 Å². The molecule has 3 rings (SSSR count). The number of hydrogen-bond donors (Lipinski definition) is 1. The normalized spacial score (nSPS) is 11.9. The van der Waals surface area contributed by atoms with Crippen molar-refractivity contribution in [2.24, 2.45) is 0 Å². The fraction of sp³-hybridized carbons (Fsp3) is 0.263. The number of nitrogens with zero attached hydrogens (tertiary/aromatic N) is 4. The maximum absolute atomic E-state index is 12.5. The first-order valence-electron chi connectivity index (χ1n) is 8.33. The maximum Gasteiger partial charge on any atom is 0.251 e. The Kier molecular flexibility index (Phi) is 5.18. The standard InChI is InChI=1S/C19H21N5O/c1-14(11-12-16-7-4-3-5-8-16)20-19(25)17-9-6-10-18(13-17)24-15(2)21-22-23-24/h3-10,13-14H,11-12H2,1-2H3,(H,20,25). The molecule has 0 saturated carbocycles. The second-order valence-electron chi connectivity index (χ2n) is 6.09. The van der Waals surface area contributed by atoms with E-state index in [0.29, 0.717) is 11.4 Å². The number of carbonyl (C=O) groups is 1. The molecule has 1 heterocycles. The molecule has 0 aliphatic carbocycles. The van der Waals surface area contributed by atoms with Crippen LogP contribution in [0, 0.1) is 6.92 Å². The molecule has 1 atom stereocenters. The molecule has 0 aliphatic rings. The molecule has 2 aromatic carbocycles. The van der Waals surface area contributed by atoms with Gasteiger partial charge >= 0.3 is 0 Å². The first-order chi connectivity index (χ1) is 12.1. The van der Waals surface area contributed by atoms with Gasteiger partial charge in [0.1, 0.15) is 0 Å². The van der Waals surface area contributed by atoms with Gasteiger partial charge in [0.05, 0.1) is 5.69 Å². The van der Waals surface area contributed by atoms with Crippen molar-refractivity contribution in [3.63, 3.8) is 0 Å². The first kappa shape index (κ1) is 16.8. The van der Waals surface area contributed by atoms with Crippen LogP contribution in [0.15, 0.2) is 54.6 Å². The lowest BCUT2D eigenvalue weighted by Gasteiger charge is -2.14. The maximum atomic E-state index is 12.5. The fourth-order valence-corrected chi connectivity index (χ4v) is 2.66. The van der Waals surface area contributed by atoms with E-state index >= 15 is 0 Å². The predicted molar refractivity (Wildman–Crippen MR) is 95.6 cm³/mol. The van der Waals surface area contributed by atoms with Crippen molar-refractivity contribution in [3.8, 4) is 5.69 Å². The van der Waals surface area contributed by atoms with Crippen LogP contribution in [0.2, 0.25) is 0 Å². The van der Waals surface area contributed by atoms with Crippen molar-refractivity contribution in [1.29, 1.82) is 0 Å². The van der Waals surface area contributed by atoms with Crippen molar-refractivity contribution < 1.29 is 4.79 Å². The van der Waals surface area contributed by atoms with Gasteiger partial charge < -0.3 is 5.32 Å². The summed E-state index contributed by atoms with van der Waals surface area (Å²) in [4.78, 5) is 12.5. The molecule has 6 heteroatoms. The average Bonchev–Trinajstić information content (AvgIpc) is 3.07. The van der Waals surface area contributed by atoms with Crippen LogP contribution in [0.5, 0.6) is 0 Å². The Morgan fingerprint density at radius 1 is 1.16 bits per heavy atom. The van der Waals surface area contributed by atoms with Crippen LogP contribution in [0.4, 0.5) is 0 Å². The monoisotopic (exact) mass is 335 g/mol. The minimum absolute atomic E-state index is 0.0890. The highest BCUT2D eigenvalue weighted by Gasteiger charge is 2.12. The summed E-state index contributed by atoms with van der Waals surface area (Å²) in [5.74, 6) is 0.585. The van der Waals surface area contributed by atoms with Gasteiger partial charge in [0.25, 0.3) is 5.91 Å². The molecule has 1 N–H and O–H groups in total. The number of aromatic nitrogens is 4. The van der Waals surface area contributed by atoms with Crippen LogP contribution in [-0.4, -0.2) is 32.2 Å². The number of carbonyl (C=O) groups excluding carboxylic acids is 1. The topological polar surface area (TPSA) is 72.7 Å². The molecule has 0 saturated heterocycles. The molecule has 3 aromatic rings. The summed E-state index contributed by atoms with van der Waals surface area (Å²) in [6.45, 7) is 3.84. The summed E-state index contributed by atoms with van der Waals surface area (Å²) in [5, 5.41) is 14.5. The number of hydrogen-bond acceptors (Lipinski definition) is 4.